The molecule has 0 aliphatic carbocycles. The molecule has 0 amide bonds. The van der Waals surface area contributed by atoms with E-state index in [1.54, 1.807) is 13.0 Å². The number of nitrogen functional groups attached to an aromatic ring is 1. The molecule has 0 spiro atoms. The first-order chi connectivity index (χ1) is 6.56. The first-order valence-electron chi connectivity index (χ1n) is 3.97. The smallest absolute Gasteiger partial charge is 0.264 e. The maximum atomic E-state index is 12.5. The number of nitrogens with zero attached hydrogens (tertiary/aromatic N) is 2. The monoisotopic (exact) mass is 197 g/mol. The summed E-state index contributed by atoms with van der Waals surface area (Å²) in [6.07, 6.45) is -2.76. The molecule has 1 aromatic heterocycles. The molecule has 0 aromatic carbocycles. The fourth-order valence-corrected chi connectivity index (χ4v) is 1.22. The molecule has 14 heavy (non-hydrogen) atoms. The topological polar surface area (TPSA) is 62.7 Å². The molecule has 0 aliphatic heterocycles. The van der Waals surface area contributed by atoms with Crippen molar-refractivity contribution in [2.24, 2.45) is 0 Å². The van der Waals surface area contributed by atoms with Gasteiger partial charge in [0.2, 0.25) is 0 Å². The summed E-state index contributed by atoms with van der Waals surface area (Å²) in [6.45, 7) is 1.58. The second-order valence-corrected chi connectivity index (χ2v) is 2.85. The van der Waals surface area contributed by atoms with Crippen LogP contribution in [0, 0.1) is 18.3 Å². The lowest BCUT2D eigenvalue weighted by atomic mass is 10.1. The van der Waals surface area contributed by atoms with E-state index < -0.39 is 6.43 Å². The number of aromatic nitrogens is 1. The Labute approximate surface area is 80.2 Å². The molecule has 0 saturated carbocycles. The number of nitrogens with two attached hydrogens (primary N) is 1. The zero-order valence-corrected chi connectivity index (χ0v) is 7.59. The molecule has 1 heterocycles. The van der Waals surface area contributed by atoms with Crippen LogP contribution in [0.4, 0.5) is 14.6 Å². The molecule has 1 rings (SSSR count). The molecular weight excluding hydrogens is 188 g/mol. The van der Waals surface area contributed by atoms with Crippen LogP contribution in [-0.4, -0.2) is 4.98 Å². The maximum Gasteiger partial charge on any atom is 0.264 e. The lowest BCUT2D eigenvalue weighted by Gasteiger charge is -2.09. The first kappa shape index (κ1) is 10.4. The zero-order valence-electron chi connectivity index (χ0n) is 7.59. The van der Waals surface area contributed by atoms with Gasteiger partial charge >= 0.3 is 0 Å². The molecule has 0 saturated heterocycles. The molecule has 1 aromatic rings. The van der Waals surface area contributed by atoms with Crippen molar-refractivity contribution in [2.45, 2.75) is 19.8 Å². The third-order valence-corrected chi connectivity index (χ3v) is 1.81. The zero-order chi connectivity index (χ0) is 10.7. The standard InChI is InChI=1S/C9H9F2N3/c1-5-4-7(8(10)11)6(2-3-12)9(13)14-5/h4,8H,2H2,1H3,(H2,13,14). The van der Waals surface area contributed by atoms with Crippen molar-refractivity contribution in [1.29, 1.82) is 5.26 Å². The summed E-state index contributed by atoms with van der Waals surface area (Å²) in [4.78, 5) is 3.83. The molecule has 5 heteroatoms. The number of aryl methyl sites for hydroxylation is 1. The SMILES string of the molecule is Cc1cc(C(F)F)c(CC#N)c(N)n1. The number of halogens is 2. The van der Waals surface area contributed by atoms with Gasteiger partial charge in [0.05, 0.1) is 12.5 Å². The van der Waals surface area contributed by atoms with Gasteiger partial charge in [-0.15, -0.1) is 0 Å². The molecule has 3 nitrogen and oxygen atoms in total. The second-order valence-electron chi connectivity index (χ2n) is 2.85. The van der Waals surface area contributed by atoms with E-state index in [4.69, 9.17) is 11.0 Å². The van der Waals surface area contributed by atoms with Gasteiger partial charge in [-0.25, -0.2) is 13.8 Å². The highest BCUT2D eigenvalue weighted by molar-refractivity contribution is 5.47. The average molecular weight is 197 g/mol. The van der Waals surface area contributed by atoms with Crippen LogP contribution in [0.15, 0.2) is 6.07 Å². The quantitative estimate of drug-likeness (QED) is 0.788. The van der Waals surface area contributed by atoms with Crippen LogP contribution in [0.1, 0.15) is 23.2 Å². The van der Waals surface area contributed by atoms with Crippen molar-refractivity contribution < 1.29 is 8.78 Å². The van der Waals surface area contributed by atoms with Crippen LogP contribution < -0.4 is 5.73 Å². The second kappa shape index (κ2) is 4.01. The van der Waals surface area contributed by atoms with Crippen LogP contribution >= 0.6 is 0 Å². The van der Waals surface area contributed by atoms with Gasteiger partial charge in [-0.3, -0.25) is 0 Å². The Morgan fingerprint density at radius 1 is 1.64 bits per heavy atom. The Hall–Kier alpha value is -1.70. The van der Waals surface area contributed by atoms with Gasteiger partial charge in [0, 0.05) is 16.8 Å². The Kier molecular flexibility index (Phi) is 2.97. The highest BCUT2D eigenvalue weighted by Gasteiger charge is 2.16. The Morgan fingerprint density at radius 2 is 2.29 bits per heavy atom. The van der Waals surface area contributed by atoms with E-state index in [0.29, 0.717) is 5.69 Å². The van der Waals surface area contributed by atoms with Gasteiger partial charge in [0.1, 0.15) is 5.82 Å². The Bertz CT molecular complexity index is 382. The van der Waals surface area contributed by atoms with Crippen molar-refractivity contribution in [3.8, 4) is 6.07 Å². The maximum absolute atomic E-state index is 12.5. The van der Waals surface area contributed by atoms with E-state index in [9.17, 15) is 8.78 Å². The number of rotatable bonds is 2. The molecule has 0 bridgehead atoms. The molecule has 2 N–H and O–H groups in total. The Morgan fingerprint density at radius 3 is 2.79 bits per heavy atom. The minimum Gasteiger partial charge on any atom is -0.383 e. The van der Waals surface area contributed by atoms with E-state index in [1.165, 1.54) is 6.07 Å². The van der Waals surface area contributed by atoms with Gasteiger partial charge in [0.15, 0.2) is 0 Å². The van der Waals surface area contributed by atoms with Crippen molar-refractivity contribution >= 4 is 5.82 Å². The van der Waals surface area contributed by atoms with E-state index in [-0.39, 0.29) is 23.4 Å². The lowest BCUT2D eigenvalue weighted by molar-refractivity contribution is 0.150. The molecule has 0 radical (unpaired) electrons. The van der Waals surface area contributed by atoms with Gasteiger partial charge in [-0.2, -0.15) is 5.26 Å². The molecule has 74 valence electrons. The van der Waals surface area contributed by atoms with Crippen molar-refractivity contribution in [2.75, 3.05) is 5.73 Å². The molecule has 0 atom stereocenters. The largest absolute Gasteiger partial charge is 0.383 e. The number of hydrogen-bond donors (Lipinski definition) is 1. The number of anilines is 1. The fourth-order valence-electron chi connectivity index (χ4n) is 1.22. The van der Waals surface area contributed by atoms with Crippen molar-refractivity contribution in [3.63, 3.8) is 0 Å². The minimum absolute atomic E-state index is 0.0156. The van der Waals surface area contributed by atoms with Gasteiger partial charge in [0.25, 0.3) is 6.43 Å². The highest BCUT2D eigenvalue weighted by atomic mass is 19.3. The summed E-state index contributed by atoms with van der Waals surface area (Å²) in [5.74, 6) is 0.0156. The minimum atomic E-state index is -2.62. The fraction of sp³-hybridized carbons (Fsp3) is 0.333. The molecular formula is C9H9F2N3. The number of hydrogen-bond acceptors (Lipinski definition) is 3. The highest BCUT2D eigenvalue weighted by Crippen LogP contribution is 2.26. The first-order valence-corrected chi connectivity index (χ1v) is 3.97. The normalized spacial score (nSPS) is 10.2. The summed E-state index contributed by atoms with van der Waals surface area (Å²) in [7, 11) is 0. The van der Waals surface area contributed by atoms with Crippen LogP contribution in [-0.2, 0) is 6.42 Å². The van der Waals surface area contributed by atoms with E-state index in [2.05, 4.69) is 4.98 Å². The van der Waals surface area contributed by atoms with Crippen LogP contribution in [0.2, 0.25) is 0 Å². The van der Waals surface area contributed by atoms with Gasteiger partial charge in [-0.05, 0) is 13.0 Å². The summed E-state index contributed by atoms with van der Waals surface area (Å²) in [5.41, 5.74) is 5.82. The average Bonchev–Trinajstić information content (AvgIpc) is 2.09. The van der Waals surface area contributed by atoms with Gasteiger partial charge in [-0.1, -0.05) is 0 Å². The van der Waals surface area contributed by atoms with Crippen molar-refractivity contribution in [1.82, 2.24) is 4.98 Å². The summed E-state index contributed by atoms with van der Waals surface area (Å²) in [6, 6.07) is 3.04. The van der Waals surface area contributed by atoms with Gasteiger partial charge < -0.3 is 5.73 Å². The van der Waals surface area contributed by atoms with Crippen LogP contribution in [0.5, 0.6) is 0 Å². The van der Waals surface area contributed by atoms with Crippen LogP contribution in [0.25, 0.3) is 0 Å². The predicted octanol–water partition coefficient (Wildman–Crippen LogP) is 1.98. The summed E-state index contributed by atoms with van der Waals surface area (Å²) in [5, 5.41) is 8.44. The summed E-state index contributed by atoms with van der Waals surface area (Å²) >= 11 is 0. The molecule has 0 aliphatic rings. The molecule has 0 fully saturated rings. The Balaban J connectivity index is 3.30. The summed E-state index contributed by atoms with van der Waals surface area (Å²) < 4.78 is 25.0. The van der Waals surface area contributed by atoms with E-state index in [0.717, 1.165) is 0 Å². The lowest BCUT2D eigenvalue weighted by Crippen LogP contribution is -2.04. The number of nitriles is 1. The number of alkyl halides is 2. The number of pyridine rings is 1. The van der Waals surface area contributed by atoms with E-state index >= 15 is 0 Å². The predicted molar refractivity (Wildman–Crippen MR) is 47.7 cm³/mol. The molecule has 0 unspecified atom stereocenters. The third kappa shape index (κ3) is 1.96. The third-order valence-electron chi connectivity index (χ3n) is 1.81. The van der Waals surface area contributed by atoms with Crippen molar-refractivity contribution in [3.05, 3.63) is 22.9 Å². The van der Waals surface area contributed by atoms with E-state index in [1.807, 2.05) is 0 Å². The van der Waals surface area contributed by atoms with Crippen LogP contribution in [0.3, 0.4) is 0 Å².